The molecule has 0 spiro atoms. The standard InChI is InChI=1S/C16H24ClN3O/c1-12(14-5-4-6-15(17)11-14)19(3)16(21)13(2)20-9-7-18-8-10-20/h4-6,11-13,18H,7-10H2,1-3H3. The van der Waals surface area contributed by atoms with Gasteiger partial charge in [0.2, 0.25) is 5.91 Å². The maximum Gasteiger partial charge on any atom is 0.239 e. The topological polar surface area (TPSA) is 35.6 Å². The van der Waals surface area contributed by atoms with Crippen molar-refractivity contribution in [2.45, 2.75) is 25.9 Å². The second kappa shape index (κ2) is 7.25. The summed E-state index contributed by atoms with van der Waals surface area (Å²) in [5.74, 6) is 0.157. The summed E-state index contributed by atoms with van der Waals surface area (Å²) in [5, 5.41) is 4.02. The molecule has 1 fully saturated rings. The molecular weight excluding hydrogens is 286 g/mol. The van der Waals surface area contributed by atoms with E-state index in [0.29, 0.717) is 5.02 Å². The van der Waals surface area contributed by atoms with Crippen molar-refractivity contribution >= 4 is 17.5 Å². The van der Waals surface area contributed by atoms with Crippen molar-refractivity contribution < 1.29 is 4.79 Å². The Balaban J connectivity index is 2.03. The van der Waals surface area contributed by atoms with Crippen LogP contribution in [0.4, 0.5) is 0 Å². The Morgan fingerprint density at radius 2 is 2.00 bits per heavy atom. The number of carbonyl (C=O) groups is 1. The second-order valence-electron chi connectivity index (χ2n) is 5.64. The number of halogens is 1. The molecule has 21 heavy (non-hydrogen) atoms. The van der Waals surface area contributed by atoms with Crippen LogP contribution >= 0.6 is 11.6 Å². The number of nitrogens with zero attached hydrogens (tertiary/aromatic N) is 2. The van der Waals surface area contributed by atoms with E-state index >= 15 is 0 Å². The van der Waals surface area contributed by atoms with Crippen LogP contribution in [-0.4, -0.2) is 55.0 Å². The average Bonchev–Trinajstić information content (AvgIpc) is 2.53. The number of hydrogen-bond donors (Lipinski definition) is 1. The molecule has 0 bridgehead atoms. The molecule has 116 valence electrons. The van der Waals surface area contributed by atoms with Crippen molar-refractivity contribution in [1.29, 1.82) is 0 Å². The van der Waals surface area contributed by atoms with Crippen LogP contribution in [-0.2, 0) is 4.79 Å². The quantitative estimate of drug-likeness (QED) is 0.926. The predicted octanol–water partition coefficient (Wildman–Crippen LogP) is 2.15. The second-order valence-corrected chi connectivity index (χ2v) is 6.08. The van der Waals surface area contributed by atoms with Crippen molar-refractivity contribution in [3.8, 4) is 0 Å². The van der Waals surface area contributed by atoms with Crippen LogP contribution < -0.4 is 5.32 Å². The molecule has 1 aliphatic heterocycles. The fourth-order valence-corrected chi connectivity index (χ4v) is 2.90. The molecule has 2 rings (SSSR count). The summed E-state index contributed by atoms with van der Waals surface area (Å²) in [6.45, 7) is 7.78. The zero-order chi connectivity index (χ0) is 15.4. The minimum Gasteiger partial charge on any atom is -0.338 e. The first-order valence-corrected chi connectivity index (χ1v) is 7.85. The zero-order valence-corrected chi connectivity index (χ0v) is 13.7. The van der Waals surface area contributed by atoms with E-state index in [0.717, 1.165) is 31.7 Å². The van der Waals surface area contributed by atoms with Gasteiger partial charge in [0.15, 0.2) is 0 Å². The van der Waals surface area contributed by atoms with Crippen LogP contribution in [0.15, 0.2) is 24.3 Å². The van der Waals surface area contributed by atoms with Gasteiger partial charge < -0.3 is 10.2 Å². The molecular formula is C16H24ClN3O. The number of rotatable bonds is 4. The minimum absolute atomic E-state index is 0.0153. The van der Waals surface area contributed by atoms with Gasteiger partial charge in [-0.25, -0.2) is 0 Å². The first-order chi connectivity index (χ1) is 10.0. The average molecular weight is 310 g/mol. The van der Waals surface area contributed by atoms with Crippen molar-refractivity contribution in [3.63, 3.8) is 0 Å². The number of carbonyl (C=O) groups excluding carboxylic acids is 1. The van der Waals surface area contributed by atoms with Crippen LogP contribution in [0.5, 0.6) is 0 Å². The van der Waals surface area contributed by atoms with E-state index in [2.05, 4.69) is 10.2 Å². The first-order valence-electron chi connectivity index (χ1n) is 7.47. The normalized spacial score (nSPS) is 19.0. The number of hydrogen-bond acceptors (Lipinski definition) is 3. The van der Waals surface area contributed by atoms with Gasteiger partial charge in [0, 0.05) is 38.2 Å². The van der Waals surface area contributed by atoms with Gasteiger partial charge in [-0.2, -0.15) is 0 Å². The van der Waals surface area contributed by atoms with Crippen LogP contribution in [0.25, 0.3) is 0 Å². The molecule has 1 aromatic carbocycles. The lowest BCUT2D eigenvalue weighted by Crippen LogP contribution is -2.53. The highest BCUT2D eigenvalue weighted by atomic mass is 35.5. The third-order valence-electron chi connectivity index (χ3n) is 4.32. The molecule has 1 aliphatic rings. The number of nitrogens with one attached hydrogen (secondary N) is 1. The molecule has 1 N–H and O–H groups in total. The van der Waals surface area contributed by atoms with E-state index in [1.807, 2.05) is 50.1 Å². The fourth-order valence-electron chi connectivity index (χ4n) is 2.70. The highest BCUT2D eigenvalue weighted by Crippen LogP contribution is 2.23. The number of piperazine rings is 1. The first kappa shape index (κ1) is 16.3. The molecule has 1 saturated heterocycles. The Morgan fingerprint density at radius 1 is 1.33 bits per heavy atom. The van der Waals surface area contributed by atoms with Crippen LogP contribution in [0.1, 0.15) is 25.5 Å². The molecule has 0 radical (unpaired) electrons. The summed E-state index contributed by atoms with van der Waals surface area (Å²) >= 11 is 6.04. The highest BCUT2D eigenvalue weighted by molar-refractivity contribution is 6.30. The maximum absolute atomic E-state index is 12.7. The van der Waals surface area contributed by atoms with Crippen molar-refractivity contribution in [1.82, 2.24) is 15.1 Å². The lowest BCUT2D eigenvalue weighted by atomic mass is 10.1. The largest absolute Gasteiger partial charge is 0.338 e. The molecule has 2 atom stereocenters. The number of amides is 1. The van der Waals surface area contributed by atoms with Crippen molar-refractivity contribution in [3.05, 3.63) is 34.9 Å². The van der Waals surface area contributed by atoms with Gasteiger partial charge in [0.05, 0.1) is 12.1 Å². The summed E-state index contributed by atoms with van der Waals surface area (Å²) in [7, 11) is 1.87. The van der Waals surface area contributed by atoms with Crippen LogP contribution in [0.3, 0.4) is 0 Å². The van der Waals surface area contributed by atoms with E-state index < -0.39 is 0 Å². The molecule has 0 aromatic heterocycles. The Kier molecular flexibility index (Phi) is 5.62. The monoisotopic (exact) mass is 309 g/mol. The van der Waals surface area contributed by atoms with Gasteiger partial charge in [-0.05, 0) is 31.5 Å². The van der Waals surface area contributed by atoms with Gasteiger partial charge in [-0.15, -0.1) is 0 Å². The molecule has 2 unspecified atom stereocenters. The van der Waals surface area contributed by atoms with Gasteiger partial charge in [0.1, 0.15) is 0 Å². The number of benzene rings is 1. The number of likely N-dealkylation sites (N-methyl/N-ethyl adjacent to an activating group) is 1. The SMILES string of the molecule is CC(C(=O)N(C)C(C)c1cccc(Cl)c1)N1CCNCC1. The Bertz CT molecular complexity index is 488. The lowest BCUT2D eigenvalue weighted by Gasteiger charge is -2.36. The van der Waals surface area contributed by atoms with Gasteiger partial charge in [0.25, 0.3) is 0 Å². The Morgan fingerprint density at radius 3 is 2.62 bits per heavy atom. The lowest BCUT2D eigenvalue weighted by molar-refractivity contribution is -0.137. The molecule has 0 saturated carbocycles. The summed E-state index contributed by atoms with van der Waals surface area (Å²) in [6, 6.07) is 7.64. The molecule has 1 amide bonds. The van der Waals surface area contributed by atoms with E-state index in [4.69, 9.17) is 11.6 Å². The van der Waals surface area contributed by atoms with Gasteiger partial charge in [-0.1, -0.05) is 23.7 Å². The molecule has 0 aliphatic carbocycles. The maximum atomic E-state index is 12.7. The third kappa shape index (κ3) is 3.96. The summed E-state index contributed by atoms with van der Waals surface area (Å²) in [4.78, 5) is 16.7. The Labute approximate surface area is 132 Å². The third-order valence-corrected chi connectivity index (χ3v) is 4.55. The smallest absolute Gasteiger partial charge is 0.239 e. The van der Waals surface area contributed by atoms with Crippen LogP contribution in [0.2, 0.25) is 5.02 Å². The molecule has 1 heterocycles. The zero-order valence-electron chi connectivity index (χ0n) is 13.0. The van der Waals surface area contributed by atoms with E-state index in [1.165, 1.54) is 0 Å². The van der Waals surface area contributed by atoms with Crippen LogP contribution in [0, 0.1) is 0 Å². The predicted molar refractivity (Wildman–Crippen MR) is 86.5 cm³/mol. The highest BCUT2D eigenvalue weighted by Gasteiger charge is 2.27. The molecule has 4 nitrogen and oxygen atoms in total. The fraction of sp³-hybridized carbons (Fsp3) is 0.562. The summed E-state index contributed by atoms with van der Waals surface area (Å²) in [6.07, 6.45) is 0. The summed E-state index contributed by atoms with van der Waals surface area (Å²) < 4.78 is 0. The van der Waals surface area contributed by atoms with Gasteiger partial charge in [-0.3, -0.25) is 9.69 Å². The molecule has 1 aromatic rings. The summed E-state index contributed by atoms with van der Waals surface area (Å²) in [5.41, 5.74) is 1.06. The van der Waals surface area contributed by atoms with Crippen molar-refractivity contribution in [2.24, 2.45) is 0 Å². The minimum atomic E-state index is -0.0845. The van der Waals surface area contributed by atoms with Crippen molar-refractivity contribution in [2.75, 3.05) is 33.2 Å². The van der Waals surface area contributed by atoms with E-state index in [-0.39, 0.29) is 18.0 Å². The molecule has 5 heteroatoms. The Hall–Kier alpha value is -1.10. The van der Waals surface area contributed by atoms with Gasteiger partial charge >= 0.3 is 0 Å². The van der Waals surface area contributed by atoms with E-state index in [1.54, 1.807) is 0 Å². The van der Waals surface area contributed by atoms with E-state index in [9.17, 15) is 4.79 Å².